The molecule has 1 heterocycles. The van der Waals surface area contributed by atoms with Crippen LogP contribution < -0.4 is 4.90 Å². The number of hydrogen-bond donors (Lipinski definition) is 1. The molecule has 0 aromatic heterocycles. The fourth-order valence-electron chi connectivity index (χ4n) is 3.68. The van der Waals surface area contributed by atoms with E-state index < -0.39 is 11.4 Å². The van der Waals surface area contributed by atoms with Gasteiger partial charge in [0.25, 0.3) is 0 Å². The molecule has 21 heavy (non-hydrogen) atoms. The Bertz CT molecular complexity index is 561. The molecule has 0 saturated heterocycles. The van der Waals surface area contributed by atoms with E-state index in [-0.39, 0.29) is 12.3 Å². The van der Waals surface area contributed by atoms with Crippen molar-refractivity contribution in [3.63, 3.8) is 0 Å². The van der Waals surface area contributed by atoms with Gasteiger partial charge in [0.05, 0.1) is 5.41 Å². The van der Waals surface area contributed by atoms with Crippen molar-refractivity contribution in [2.75, 3.05) is 11.4 Å². The summed E-state index contributed by atoms with van der Waals surface area (Å²) in [6.45, 7) is 0.674. The molecular weight excluding hydrogens is 266 g/mol. The van der Waals surface area contributed by atoms with Gasteiger partial charge in [-0.05, 0) is 30.9 Å². The van der Waals surface area contributed by atoms with Gasteiger partial charge in [-0.15, -0.1) is 0 Å². The molecule has 112 valence electrons. The molecule has 2 aliphatic rings. The lowest BCUT2D eigenvalue weighted by molar-refractivity contribution is -0.153. The number of nitrogens with zero attached hydrogens (tertiary/aromatic N) is 1. The van der Waals surface area contributed by atoms with E-state index in [1.165, 1.54) is 5.56 Å². The first kappa shape index (κ1) is 14.1. The molecule has 4 nitrogen and oxygen atoms in total. The quantitative estimate of drug-likeness (QED) is 0.929. The van der Waals surface area contributed by atoms with Gasteiger partial charge in [-0.25, -0.2) is 0 Å². The van der Waals surface area contributed by atoms with Gasteiger partial charge in [0, 0.05) is 18.7 Å². The second kappa shape index (κ2) is 5.51. The summed E-state index contributed by atoms with van der Waals surface area (Å²) < 4.78 is 0. The highest BCUT2D eigenvalue weighted by Crippen LogP contribution is 2.41. The van der Waals surface area contributed by atoms with E-state index in [0.717, 1.165) is 31.4 Å². The van der Waals surface area contributed by atoms with E-state index in [4.69, 9.17) is 0 Å². The minimum atomic E-state index is -0.840. The Labute approximate surface area is 124 Å². The Morgan fingerprint density at radius 3 is 2.57 bits per heavy atom. The summed E-state index contributed by atoms with van der Waals surface area (Å²) in [6, 6.07) is 7.90. The van der Waals surface area contributed by atoms with Crippen molar-refractivity contribution in [1.82, 2.24) is 0 Å². The zero-order chi connectivity index (χ0) is 14.9. The van der Waals surface area contributed by atoms with E-state index in [1.54, 1.807) is 4.90 Å². The topological polar surface area (TPSA) is 57.6 Å². The predicted molar refractivity (Wildman–Crippen MR) is 80.3 cm³/mol. The molecule has 1 N–H and O–H groups in total. The van der Waals surface area contributed by atoms with Gasteiger partial charge in [-0.1, -0.05) is 37.5 Å². The maximum atomic E-state index is 12.6. The van der Waals surface area contributed by atoms with Crippen LogP contribution in [0.25, 0.3) is 0 Å². The molecule has 1 aromatic rings. The van der Waals surface area contributed by atoms with Crippen molar-refractivity contribution in [1.29, 1.82) is 0 Å². The smallest absolute Gasteiger partial charge is 0.310 e. The lowest BCUT2D eigenvalue weighted by atomic mass is 9.71. The number of carboxylic acid groups (broad SMARTS) is 1. The van der Waals surface area contributed by atoms with Gasteiger partial charge < -0.3 is 10.0 Å². The first-order chi connectivity index (χ1) is 10.1. The third-order valence-electron chi connectivity index (χ3n) is 4.94. The minimum absolute atomic E-state index is 0.0377. The van der Waals surface area contributed by atoms with Gasteiger partial charge >= 0.3 is 5.97 Å². The molecule has 3 rings (SSSR count). The Hall–Kier alpha value is -1.84. The summed E-state index contributed by atoms with van der Waals surface area (Å²) in [5.41, 5.74) is 1.30. The van der Waals surface area contributed by atoms with E-state index in [1.807, 2.05) is 24.3 Å². The lowest BCUT2D eigenvalue weighted by Crippen LogP contribution is -2.40. The number of hydrogen-bond acceptors (Lipinski definition) is 2. The SMILES string of the molecule is O=C(CC1(C(=O)O)CCCCC1)N1CCc2ccccc21. The van der Waals surface area contributed by atoms with Crippen LogP contribution in [0.15, 0.2) is 24.3 Å². The van der Waals surface area contributed by atoms with E-state index in [2.05, 4.69) is 0 Å². The molecule has 0 spiro atoms. The van der Waals surface area contributed by atoms with E-state index in [0.29, 0.717) is 19.4 Å². The molecule has 1 amide bonds. The molecule has 4 heteroatoms. The lowest BCUT2D eigenvalue weighted by Gasteiger charge is -2.33. The van der Waals surface area contributed by atoms with Crippen molar-refractivity contribution in [2.45, 2.75) is 44.9 Å². The molecule has 0 atom stereocenters. The minimum Gasteiger partial charge on any atom is -0.481 e. The van der Waals surface area contributed by atoms with Gasteiger partial charge in [0.2, 0.25) is 5.91 Å². The number of carboxylic acids is 1. The summed E-state index contributed by atoms with van der Waals surface area (Å²) in [7, 11) is 0. The van der Waals surface area contributed by atoms with Crippen LogP contribution in [0.1, 0.15) is 44.1 Å². The Kier molecular flexibility index (Phi) is 3.70. The van der Waals surface area contributed by atoms with Crippen molar-refractivity contribution in [3.05, 3.63) is 29.8 Å². The third-order valence-corrected chi connectivity index (χ3v) is 4.94. The van der Waals surface area contributed by atoms with Crippen molar-refractivity contribution in [3.8, 4) is 0 Å². The Morgan fingerprint density at radius 2 is 1.86 bits per heavy atom. The first-order valence-electron chi connectivity index (χ1n) is 7.74. The monoisotopic (exact) mass is 287 g/mol. The molecule has 0 radical (unpaired) electrons. The van der Waals surface area contributed by atoms with E-state index >= 15 is 0 Å². The number of para-hydroxylation sites is 1. The van der Waals surface area contributed by atoms with Crippen LogP contribution in [-0.4, -0.2) is 23.5 Å². The van der Waals surface area contributed by atoms with Gasteiger partial charge in [0.15, 0.2) is 0 Å². The Balaban J connectivity index is 1.78. The highest BCUT2D eigenvalue weighted by Gasteiger charge is 2.43. The van der Waals surface area contributed by atoms with Crippen LogP contribution in [0.4, 0.5) is 5.69 Å². The highest BCUT2D eigenvalue weighted by atomic mass is 16.4. The number of carbonyl (C=O) groups is 2. The second-order valence-corrected chi connectivity index (χ2v) is 6.25. The molecule has 0 unspecified atom stereocenters. The second-order valence-electron chi connectivity index (χ2n) is 6.25. The first-order valence-corrected chi connectivity index (χ1v) is 7.74. The Morgan fingerprint density at radius 1 is 1.14 bits per heavy atom. The molecule has 1 aliphatic heterocycles. The van der Waals surface area contributed by atoms with E-state index in [9.17, 15) is 14.7 Å². The molecule has 1 fully saturated rings. The maximum Gasteiger partial charge on any atom is 0.310 e. The zero-order valence-corrected chi connectivity index (χ0v) is 12.2. The zero-order valence-electron chi connectivity index (χ0n) is 12.2. The summed E-state index contributed by atoms with van der Waals surface area (Å²) >= 11 is 0. The fraction of sp³-hybridized carbons (Fsp3) is 0.529. The third kappa shape index (κ3) is 2.55. The summed E-state index contributed by atoms with van der Waals surface area (Å²) in [5, 5.41) is 9.60. The molecule has 1 saturated carbocycles. The number of amides is 1. The number of carbonyl (C=O) groups excluding carboxylic acids is 1. The van der Waals surface area contributed by atoms with Crippen molar-refractivity contribution in [2.24, 2.45) is 5.41 Å². The molecule has 1 aliphatic carbocycles. The number of rotatable bonds is 3. The average molecular weight is 287 g/mol. The number of anilines is 1. The van der Waals surface area contributed by atoms with Crippen LogP contribution >= 0.6 is 0 Å². The molecule has 1 aromatic carbocycles. The normalized spacial score (nSPS) is 20.1. The highest BCUT2D eigenvalue weighted by molar-refractivity contribution is 5.98. The van der Waals surface area contributed by atoms with Crippen molar-refractivity contribution < 1.29 is 14.7 Å². The van der Waals surface area contributed by atoms with Gasteiger partial charge in [-0.3, -0.25) is 9.59 Å². The van der Waals surface area contributed by atoms with Crippen LogP contribution in [0, 0.1) is 5.41 Å². The molecular formula is C17H21NO3. The maximum absolute atomic E-state index is 12.6. The van der Waals surface area contributed by atoms with Gasteiger partial charge in [0.1, 0.15) is 0 Å². The average Bonchev–Trinajstić information content (AvgIpc) is 2.92. The van der Waals surface area contributed by atoms with Crippen LogP contribution in [-0.2, 0) is 16.0 Å². The standard InChI is InChI=1S/C17H21NO3/c19-15(12-17(16(20)21)9-4-1-5-10-17)18-11-8-13-6-2-3-7-14(13)18/h2-3,6-7H,1,4-5,8-12H2,(H,20,21). The fourth-order valence-corrected chi connectivity index (χ4v) is 3.68. The van der Waals surface area contributed by atoms with Gasteiger partial charge in [-0.2, -0.15) is 0 Å². The summed E-state index contributed by atoms with van der Waals surface area (Å²) in [4.78, 5) is 26.1. The number of benzene rings is 1. The van der Waals surface area contributed by atoms with Crippen LogP contribution in [0.2, 0.25) is 0 Å². The number of fused-ring (bicyclic) bond motifs is 1. The largest absolute Gasteiger partial charge is 0.481 e. The van der Waals surface area contributed by atoms with Crippen LogP contribution in [0.5, 0.6) is 0 Å². The van der Waals surface area contributed by atoms with Crippen molar-refractivity contribution >= 4 is 17.6 Å². The number of aliphatic carboxylic acids is 1. The van der Waals surface area contributed by atoms with Crippen LogP contribution in [0.3, 0.4) is 0 Å². The summed E-state index contributed by atoms with van der Waals surface area (Å²) in [6.07, 6.45) is 5.16. The molecule has 0 bridgehead atoms. The predicted octanol–water partition coefficient (Wildman–Crippen LogP) is 3.00. The summed E-state index contributed by atoms with van der Waals surface area (Å²) in [5.74, 6) is -0.840.